The van der Waals surface area contributed by atoms with Crippen LogP contribution in [0, 0.1) is 0 Å². The van der Waals surface area contributed by atoms with E-state index in [1.54, 1.807) is 0 Å². The Hall–Kier alpha value is -3.88. The van der Waals surface area contributed by atoms with Gasteiger partial charge in [0.25, 0.3) is 0 Å². The normalized spacial score (nSPS) is 11.1. The molecule has 0 radical (unpaired) electrons. The number of nitrogens with one attached hydrogen (secondary N) is 1. The minimum Gasteiger partial charge on any atom is -0.356 e. The van der Waals surface area contributed by atoms with Crippen molar-refractivity contribution in [2.75, 3.05) is 5.32 Å². The molecule has 0 saturated heterocycles. The van der Waals surface area contributed by atoms with E-state index in [0.717, 1.165) is 15.8 Å². The van der Waals surface area contributed by atoms with Gasteiger partial charge in [-0.3, -0.25) is 0 Å². The van der Waals surface area contributed by atoms with Crippen molar-refractivity contribution in [3.63, 3.8) is 0 Å². The molecular weight excluding hydrogens is 478 g/mol. The van der Waals surface area contributed by atoms with Crippen LogP contribution in [0.25, 0.3) is 43.8 Å². The van der Waals surface area contributed by atoms with Crippen LogP contribution in [-0.4, -0.2) is 0 Å². The zero-order valence-electron chi connectivity index (χ0n) is 18.5. The summed E-state index contributed by atoms with van der Waals surface area (Å²) in [7, 11) is 0. The number of benzene rings is 6. The predicted octanol–water partition coefficient (Wildman–Crippen LogP) is 9.83. The van der Waals surface area contributed by atoms with Gasteiger partial charge in [0.05, 0.1) is 0 Å². The van der Waals surface area contributed by atoms with Crippen molar-refractivity contribution in [2.45, 2.75) is 0 Å². The van der Waals surface area contributed by atoms with Crippen LogP contribution in [0.3, 0.4) is 0 Å². The van der Waals surface area contributed by atoms with Gasteiger partial charge in [0.15, 0.2) is 0 Å². The van der Waals surface area contributed by atoms with Gasteiger partial charge in [-0.1, -0.05) is 101 Å². The fourth-order valence-corrected chi connectivity index (χ4v) is 4.85. The highest BCUT2D eigenvalue weighted by atomic mass is 79.9. The molecule has 6 aromatic carbocycles. The molecule has 0 heterocycles. The molecule has 0 aliphatic heterocycles. The minimum atomic E-state index is 1.07. The van der Waals surface area contributed by atoms with E-state index in [1.807, 2.05) is 12.1 Å². The molecule has 0 aromatic heterocycles. The van der Waals surface area contributed by atoms with Crippen molar-refractivity contribution in [1.82, 2.24) is 0 Å². The van der Waals surface area contributed by atoms with Crippen LogP contribution in [0.5, 0.6) is 0 Å². The van der Waals surface area contributed by atoms with E-state index in [-0.39, 0.29) is 0 Å². The van der Waals surface area contributed by atoms with Gasteiger partial charge < -0.3 is 5.32 Å². The molecule has 1 nitrogen and oxygen atoms in total. The third-order valence-corrected chi connectivity index (χ3v) is 6.84. The standard InChI is InChI=1S/C32H22BrN/c33-26-15-19-28(20-16-26)34-27-17-13-23(14-18-27)29-6-3-4-8-31(29)25-12-11-24-10-9-22-5-1-2-7-30(22)32(24)21-25/h1-21,34H. The molecule has 0 aliphatic carbocycles. The van der Waals surface area contributed by atoms with Gasteiger partial charge in [0, 0.05) is 15.8 Å². The van der Waals surface area contributed by atoms with E-state index in [9.17, 15) is 0 Å². The maximum atomic E-state index is 3.49. The Bertz CT molecular complexity index is 1620. The lowest BCUT2D eigenvalue weighted by Gasteiger charge is -2.13. The summed E-state index contributed by atoms with van der Waals surface area (Å²) in [4.78, 5) is 0. The summed E-state index contributed by atoms with van der Waals surface area (Å²) in [6, 6.07) is 45.4. The van der Waals surface area contributed by atoms with E-state index in [0.29, 0.717) is 0 Å². The summed E-state index contributed by atoms with van der Waals surface area (Å²) in [5.41, 5.74) is 7.05. The molecule has 0 bridgehead atoms. The van der Waals surface area contributed by atoms with Crippen molar-refractivity contribution >= 4 is 48.8 Å². The Morgan fingerprint density at radius 1 is 0.441 bits per heavy atom. The first-order valence-corrected chi connectivity index (χ1v) is 12.2. The highest BCUT2D eigenvalue weighted by molar-refractivity contribution is 9.10. The lowest BCUT2D eigenvalue weighted by atomic mass is 9.92. The van der Waals surface area contributed by atoms with Gasteiger partial charge in [-0.05, 0) is 86.3 Å². The quantitative estimate of drug-likeness (QED) is 0.238. The average molecular weight is 500 g/mol. The molecule has 0 fully saturated rings. The Labute approximate surface area is 207 Å². The zero-order valence-corrected chi connectivity index (χ0v) is 20.1. The Morgan fingerprint density at radius 3 is 1.71 bits per heavy atom. The first-order chi connectivity index (χ1) is 16.7. The topological polar surface area (TPSA) is 12.0 Å². The van der Waals surface area contributed by atoms with Crippen LogP contribution < -0.4 is 5.32 Å². The summed E-state index contributed by atoms with van der Waals surface area (Å²) < 4.78 is 1.08. The fraction of sp³-hybridized carbons (Fsp3) is 0. The monoisotopic (exact) mass is 499 g/mol. The van der Waals surface area contributed by atoms with Crippen molar-refractivity contribution < 1.29 is 0 Å². The van der Waals surface area contributed by atoms with Crippen LogP contribution in [0.1, 0.15) is 0 Å². The third kappa shape index (κ3) is 3.98. The first kappa shape index (κ1) is 20.7. The average Bonchev–Trinajstić information content (AvgIpc) is 2.90. The third-order valence-electron chi connectivity index (χ3n) is 6.31. The second-order valence-electron chi connectivity index (χ2n) is 8.48. The van der Waals surface area contributed by atoms with E-state index in [1.165, 1.54) is 43.8 Å². The Morgan fingerprint density at radius 2 is 0.971 bits per heavy atom. The second-order valence-corrected chi connectivity index (χ2v) is 9.39. The smallest absolute Gasteiger partial charge is 0.0384 e. The molecule has 0 aliphatic rings. The van der Waals surface area contributed by atoms with Crippen molar-refractivity contribution in [2.24, 2.45) is 0 Å². The molecule has 0 amide bonds. The largest absolute Gasteiger partial charge is 0.356 e. The molecule has 2 heteroatoms. The van der Waals surface area contributed by atoms with Crippen LogP contribution in [0.4, 0.5) is 11.4 Å². The highest BCUT2D eigenvalue weighted by Crippen LogP contribution is 2.36. The van der Waals surface area contributed by atoms with Gasteiger partial charge in [-0.25, -0.2) is 0 Å². The Kier molecular flexibility index (Phi) is 5.37. The van der Waals surface area contributed by atoms with Crippen LogP contribution in [0.15, 0.2) is 132 Å². The lowest BCUT2D eigenvalue weighted by Crippen LogP contribution is -1.90. The van der Waals surface area contributed by atoms with Crippen LogP contribution >= 0.6 is 15.9 Å². The molecule has 1 N–H and O–H groups in total. The summed E-state index contributed by atoms with van der Waals surface area (Å²) in [5, 5.41) is 8.60. The van der Waals surface area contributed by atoms with Crippen LogP contribution in [0.2, 0.25) is 0 Å². The lowest BCUT2D eigenvalue weighted by molar-refractivity contribution is 1.53. The zero-order chi connectivity index (χ0) is 22.9. The number of halogens is 1. The molecular formula is C32H22BrN. The van der Waals surface area contributed by atoms with Crippen molar-refractivity contribution in [1.29, 1.82) is 0 Å². The van der Waals surface area contributed by atoms with Crippen molar-refractivity contribution in [3.8, 4) is 22.3 Å². The summed E-state index contributed by atoms with van der Waals surface area (Å²) in [6.45, 7) is 0. The summed E-state index contributed by atoms with van der Waals surface area (Å²) in [6.07, 6.45) is 0. The molecule has 0 saturated carbocycles. The van der Waals surface area contributed by atoms with Crippen LogP contribution in [-0.2, 0) is 0 Å². The number of hydrogen-bond acceptors (Lipinski definition) is 1. The van der Waals surface area contributed by atoms with E-state index in [2.05, 4.69) is 137 Å². The number of rotatable bonds is 4. The molecule has 6 rings (SSSR count). The fourth-order valence-electron chi connectivity index (χ4n) is 4.59. The van der Waals surface area contributed by atoms with Gasteiger partial charge in [0.1, 0.15) is 0 Å². The molecule has 0 atom stereocenters. The molecule has 0 spiro atoms. The first-order valence-electron chi connectivity index (χ1n) is 11.4. The maximum Gasteiger partial charge on any atom is 0.0384 e. The van der Waals surface area contributed by atoms with E-state index < -0.39 is 0 Å². The molecule has 34 heavy (non-hydrogen) atoms. The SMILES string of the molecule is Brc1ccc(Nc2ccc(-c3ccccc3-c3ccc4ccc5ccccc5c4c3)cc2)cc1. The van der Waals surface area contributed by atoms with Gasteiger partial charge in [-0.15, -0.1) is 0 Å². The molecule has 6 aromatic rings. The van der Waals surface area contributed by atoms with Crippen molar-refractivity contribution in [3.05, 3.63) is 132 Å². The number of fused-ring (bicyclic) bond motifs is 3. The molecule has 0 unspecified atom stereocenters. The number of anilines is 2. The van der Waals surface area contributed by atoms with Gasteiger partial charge >= 0.3 is 0 Å². The number of hydrogen-bond donors (Lipinski definition) is 1. The Balaban J connectivity index is 1.38. The van der Waals surface area contributed by atoms with E-state index in [4.69, 9.17) is 0 Å². The minimum absolute atomic E-state index is 1.07. The van der Waals surface area contributed by atoms with E-state index >= 15 is 0 Å². The van der Waals surface area contributed by atoms with Gasteiger partial charge in [-0.2, -0.15) is 0 Å². The molecule has 162 valence electrons. The predicted molar refractivity (Wildman–Crippen MR) is 150 cm³/mol. The highest BCUT2D eigenvalue weighted by Gasteiger charge is 2.09. The second kappa shape index (κ2) is 8.81. The van der Waals surface area contributed by atoms with Gasteiger partial charge in [0.2, 0.25) is 0 Å². The summed E-state index contributed by atoms with van der Waals surface area (Å²) in [5.74, 6) is 0. The summed E-state index contributed by atoms with van der Waals surface area (Å²) >= 11 is 3.49. The maximum absolute atomic E-state index is 3.49.